The van der Waals surface area contributed by atoms with Gasteiger partial charge in [0.1, 0.15) is 0 Å². The predicted octanol–water partition coefficient (Wildman–Crippen LogP) is 9.13. The second-order valence-corrected chi connectivity index (χ2v) is 7.19. The van der Waals surface area contributed by atoms with E-state index in [1.807, 2.05) is 44.3 Å². The van der Waals surface area contributed by atoms with Crippen LogP contribution in [0.5, 0.6) is 0 Å². The number of aryl methyl sites for hydroxylation is 1. The van der Waals surface area contributed by atoms with Crippen molar-refractivity contribution in [2.75, 3.05) is 0 Å². The first-order valence-corrected chi connectivity index (χ1v) is 11.0. The second kappa shape index (κ2) is 17.2. The largest absolute Gasteiger partial charge is 0.256 e. The molecule has 0 fully saturated rings. The molecule has 0 aliphatic carbocycles. The van der Waals surface area contributed by atoms with E-state index in [4.69, 9.17) is 0 Å². The van der Waals surface area contributed by atoms with E-state index in [0.717, 1.165) is 12.1 Å². The lowest BCUT2D eigenvalue weighted by Gasteiger charge is -2.06. The summed E-state index contributed by atoms with van der Waals surface area (Å²) >= 11 is 0. The molecule has 1 aromatic heterocycles. The third kappa shape index (κ3) is 11.4. The topological polar surface area (TPSA) is 12.9 Å². The van der Waals surface area contributed by atoms with Gasteiger partial charge in [-0.15, -0.1) is 0 Å². The maximum Gasteiger partial charge on any atom is 0.0701 e. The van der Waals surface area contributed by atoms with Crippen LogP contribution >= 0.6 is 0 Å². The fourth-order valence-electron chi connectivity index (χ4n) is 2.81. The van der Waals surface area contributed by atoms with Crippen molar-refractivity contribution in [2.24, 2.45) is 0 Å². The van der Waals surface area contributed by atoms with Crippen molar-refractivity contribution in [3.63, 3.8) is 0 Å². The number of aromatic nitrogens is 1. The molecule has 0 unspecified atom stereocenters. The molecule has 1 nitrogen and oxygen atoms in total. The molecule has 0 saturated heterocycles. The molecule has 0 spiro atoms. The first-order valence-electron chi connectivity index (χ1n) is 11.0. The average Bonchev–Trinajstić information content (AvgIpc) is 2.74. The number of pyridine rings is 1. The van der Waals surface area contributed by atoms with Crippen LogP contribution in [-0.2, 0) is 0 Å². The van der Waals surface area contributed by atoms with E-state index in [2.05, 4.69) is 88.7 Å². The van der Waals surface area contributed by atoms with Crippen LogP contribution in [-0.4, -0.2) is 4.98 Å². The lowest BCUT2D eigenvalue weighted by Crippen LogP contribution is -1.91. The van der Waals surface area contributed by atoms with Gasteiger partial charge in [0.2, 0.25) is 0 Å². The summed E-state index contributed by atoms with van der Waals surface area (Å²) in [7, 11) is 0. The number of nitrogens with zero attached hydrogens (tertiary/aromatic N) is 1. The number of allylic oxidation sites excluding steroid dienone is 13. The Morgan fingerprint density at radius 3 is 2.30 bits per heavy atom. The van der Waals surface area contributed by atoms with E-state index in [9.17, 15) is 0 Å². The van der Waals surface area contributed by atoms with Crippen LogP contribution in [0.1, 0.15) is 72.1 Å². The molecule has 0 radical (unpaired) electrons. The number of hydrogen-bond acceptors (Lipinski definition) is 1. The molecule has 0 atom stereocenters. The lowest BCUT2D eigenvalue weighted by molar-refractivity contribution is 0.899. The Hall–Kier alpha value is -2.67. The van der Waals surface area contributed by atoms with Crippen LogP contribution in [0.4, 0.5) is 0 Å². The zero-order chi connectivity index (χ0) is 22.8. The standard InChI is InChI=1S/C15H19N.C14H22/c1-5-7-8-13(4)14(6-2)15-10-9-12(3)11-16-15;1-5-8-11-14(12-9-6-2)13(4)10-7-3/h5-11H,1-4H3;5,8-9,11-12H,1,6-7,10H2,2-4H3/b7-5-,13-8-,14-6+;11-8-,12-9-,14-13+. The zero-order valence-electron chi connectivity index (χ0n) is 20.2. The van der Waals surface area contributed by atoms with Crippen molar-refractivity contribution in [1.29, 1.82) is 0 Å². The van der Waals surface area contributed by atoms with Gasteiger partial charge < -0.3 is 0 Å². The van der Waals surface area contributed by atoms with Gasteiger partial charge in [0, 0.05) is 6.20 Å². The molecule has 0 N–H and O–H groups in total. The summed E-state index contributed by atoms with van der Waals surface area (Å²) in [6.45, 7) is 18.5. The van der Waals surface area contributed by atoms with Crippen molar-refractivity contribution in [2.45, 2.75) is 67.7 Å². The normalized spacial score (nSPS) is 13.6. The van der Waals surface area contributed by atoms with Crippen molar-refractivity contribution in [1.82, 2.24) is 4.98 Å². The Morgan fingerprint density at radius 1 is 1.07 bits per heavy atom. The smallest absolute Gasteiger partial charge is 0.0701 e. The highest BCUT2D eigenvalue weighted by atomic mass is 14.7. The van der Waals surface area contributed by atoms with Gasteiger partial charge in [-0.25, -0.2) is 0 Å². The van der Waals surface area contributed by atoms with Crippen LogP contribution in [0.3, 0.4) is 0 Å². The summed E-state index contributed by atoms with van der Waals surface area (Å²) in [5.74, 6) is 0. The van der Waals surface area contributed by atoms with Crippen LogP contribution in [0, 0.1) is 6.92 Å². The van der Waals surface area contributed by atoms with E-state index in [0.29, 0.717) is 0 Å². The van der Waals surface area contributed by atoms with Crippen LogP contribution < -0.4 is 0 Å². The minimum atomic E-state index is 1.03. The van der Waals surface area contributed by atoms with Crippen molar-refractivity contribution < 1.29 is 0 Å². The molecule has 0 amide bonds. The fraction of sp³-hybridized carbons (Fsp3) is 0.345. The second-order valence-electron chi connectivity index (χ2n) is 7.19. The number of rotatable bonds is 9. The molecule has 162 valence electrons. The molecule has 0 aliphatic rings. The molecule has 0 bridgehead atoms. The van der Waals surface area contributed by atoms with E-state index >= 15 is 0 Å². The van der Waals surface area contributed by atoms with E-state index < -0.39 is 0 Å². The summed E-state index contributed by atoms with van der Waals surface area (Å²) in [5.41, 5.74) is 7.43. The quantitative estimate of drug-likeness (QED) is 0.374. The molecule has 0 saturated carbocycles. The van der Waals surface area contributed by atoms with Gasteiger partial charge in [-0.05, 0) is 75.8 Å². The maximum atomic E-state index is 4.45. The molecular formula is C29H41N. The van der Waals surface area contributed by atoms with Gasteiger partial charge in [0.05, 0.1) is 5.69 Å². The first-order chi connectivity index (χ1) is 14.4. The highest BCUT2D eigenvalue weighted by molar-refractivity contribution is 5.76. The third-order valence-electron chi connectivity index (χ3n) is 4.50. The van der Waals surface area contributed by atoms with Gasteiger partial charge in [-0.1, -0.05) is 93.2 Å². The SMILES string of the molecule is C=C\C=C/C(/C=C\CC)=C(/C)CCC.C\C=C/C=C(C)\C(=C/C)c1ccc(C)cn1. The zero-order valence-corrected chi connectivity index (χ0v) is 20.2. The highest BCUT2D eigenvalue weighted by Crippen LogP contribution is 2.21. The molecule has 1 heteroatoms. The minimum Gasteiger partial charge on any atom is -0.256 e. The average molecular weight is 404 g/mol. The summed E-state index contributed by atoms with van der Waals surface area (Å²) in [5, 5.41) is 0. The number of hydrogen-bond donors (Lipinski definition) is 0. The van der Waals surface area contributed by atoms with Gasteiger partial charge >= 0.3 is 0 Å². The third-order valence-corrected chi connectivity index (χ3v) is 4.50. The van der Waals surface area contributed by atoms with Crippen LogP contribution in [0.25, 0.3) is 5.57 Å². The van der Waals surface area contributed by atoms with Crippen LogP contribution in [0.15, 0.2) is 96.3 Å². The predicted molar refractivity (Wildman–Crippen MR) is 138 cm³/mol. The molecule has 1 aromatic rings. The van der Waals surface area contributed by atoms with Gasteiger partial charge in [-0.3, -0.25) is 4.98 Å². The Labute approximate surface area is 186 Å². The Kier molecular flexibility index (Phi) is 15.7. The van der Waals surface area contributed by atoms with Gasteiger partial charge in [0.15, 0.2) is 0 Å². The minimum absolute atomic E-state index is 1.03. The van der Waals surface area contributed by atoms with Gasteiger partial charge in [0.25, 0.3) is 0 Å². The molecule has 30 heavy (non-hydrogen) atoms. The van der Waals surface area contributed by atoms with Crippen LogP contribution in [0.2, 0.25) is 0 Å². The molecule has 1 rings (SSSR count). The monoisotopic (exact) mass is 403 g/mol. The van der Waals surface area contributed by atoms with E-state index in [1.54, 1.807) is 0 Å². The van der Waals surface area contributed by atoms with E-state index in [1.165, 1.54) is 40.7 Å². The maximum absolute atomic E-state index is 4.45. The summed E-state index contributed by atoms with van der Waals surface area (Å²) in [4.78, 5) is 4.45. The Morgan fingerprint density at radius 2 is 1.80 bits per heavy atom. The van der Waals surface area contributed by atoms with Crippen molar-refractivity contribution >= 4 is 5.57 Å². The Balaban J connectivity index is 0.000000567. The van der Waals surface area contributed by atoms with E-state index in [-0.39, 0.29) is 0 Å². The summed E-state index contributed by atoms with van der Waals surface area (Å²) in [6, 6.07) is 4.16. The Bertz CT molecular complexity index is 793. The lowest BCUT2D eigenvalue weighted by atomic mass is 10.0. The molecule has 1 heterocycles. The summed E-state index contributed by atoms with van der Waals surface area (Å²) < 4.78 is 0. The van der Waals surface area contributed by atoms with Crippen molar-refractivity contribution in [3.8, 4) is 0 Å². The molecule has 0 aromatic carbocycles. The first kappa shape index (κ1) is 27.3. The van der Waals surface area contributed by atoms with Gasteiger partial charge in [-0.2, -0.15) is 0 Å². The highest BCUT2D eigenvalue weighted by Gasteiger charge is 2.03. The molecule has 0 aliphatic heterocycles. The molecular weight excluding hydrogens is 362 g/mol. The fourth-order valence-corrected chi connectivity index (χ4v) is 2.81. The summed E-state index contributed by atoms with van der Waals surface area (Å²) in [6.07, 6.45) is 24.0. The van der Waals surface area contributed by atoms with Crippen molar-refractivity contribution in [3.05, 3.63) is 108 Å².